The Morgan fingerprint density at radius 3 is 2.53 bits per heavy atom. The van der Waals surface area contributed by atoms with Gasteiger partial charge in [-0.15, -0.1) is 12.4 Å². The molecule has 1 heterocycles. The van der Waals surface area contributed by atoms with Crippen molar-refractivity contribution in [3.63, 3.8) is 0 Å². The Bertz CT molecular complexity index is 273. The van der Waals surface area contributed by atoms with Gasteiger partial charge in [0.2, 0.25) is 5.91 Å². The van der Waals surface area contributed by atoms with Crippen molar-refractivity contribution in [2.24, 2.45) is 11.8 Å². The largest absolute Gasteiger partial charge is 0.341 e. The van der Waals surface area contributed by atoms with Crippen LogP contribution in [0, 0.1) is 11.8 Å². The second kappa shape index (κ2) is 8.11. The van der Waals surface area contributed by atoms with E-state index in [1.165, 1.54) is 25.7 Å². The van der Waals surface area contributed by atoms with E-state index < -0.39 is 0 Å². The molecule has 0 aromatic heterocycles. The van der Waals surface area contributed by atoms with E-state index in [0.29, 0.717) is 11.9 Å². The summed E-state index contributed by atoms with van der Waals surface area (Å²) in [7, 11) is 2.00. The number of likely N-dealkylation sites (N-methyl/N-ethyl adjacent to an activating group) is 1. The summed E-state index contributed by atoms with van der Waals surface area (Å²) in [6, 6.07) is 0.426. The fourth-order valence-corrected chi connectivity index (χ4v) is 3.53. The minimum Gasteiger partial charge on any atom is -0.341 e. The van der Waals surface area contributed by atoms with Gasteiger partial charge in [0.05, 0.1) is 0 Å². The molecule has 3 nitrogen and oxygen atoms in total. The van der Waals surface area contributed by atoms with Crippen molar-refractivity contribution in [3.05, 3.63) is 0 Å². The number of carbonyl (C=O) groups is 1. The molecule has 2 unspecified atom stereocenters. The molecule has 0 spiro atoms. The molecule has 2 atom stereocenters. The third-order valence-electron chi connectivity index (χ3n) is 4.86. The van der Waals surface area contributed by atoms with Gasteiger partial charge >= 0.3 is 0 Å². The number of amides is 1. The summed E-state index contributed by atoms with van der Waals surface area (Å²) >= 11 is 0. The number of carbonyl (C=O) groups excluding carboxylic acids is 1. The number of rotatable bonds is 5. The maximum atomic E-state index is 12.5. The van der Waals surface area contributed by atoms with Crippen LogP contribution >= 0.6 is 12.4 Å². The maximum Gasteiger partial charge on any atom is 0.225 e. The lowest BCUT2D eigenvalue weighted by Gasteiger charge is -2.29. The van der Waals surface area contributed by atoms with Gasteiger partial charge in [-0.3, -0.25) is 4.79 Å². The Hall–Kier alpha value is -0.280. The predicted molar refractivity (Wildman–Crippen MR) is 81.6 cm³/mol. The van der Waals surface area contributed by atoms with E-state index in [9.17, 15) is 4.79 Å². The molecule has 2 fully saturated rings. The molecule has 112 valence electrons. The van der Waals surface area contributed by atoms with Crippen LogP contribution in [0.3, 0.4) is 0 Å². The van der Waals surface area contributed by atoms with Gasteiger partial charge in [-0.05, 0) is 31.7 Å². The normalized spacial score (nSPS) is 25.1. The Labute approximate surface area is 123 Å². The van der Waals surface area contributed by atoms with Crippen LogP contribution in [0.1, 0.15) is 51.9 Å². The molecule has 1 saturated heterocycles. The van der Waals surface area contributed by atoms with Gasteiger partial charge in [0.25, 0.3) is 0 Å². The molecule has 1 amide bonds. The number of hydrogen-bond acceptors (Lipinski definition) is 2. The molecule has 1 aliphatic carbocycles. The summed E-state index contributed by atoms with van der Waals surface area (Å²) in [6.45, 7) is 4.20. The van der Waals surface area contributed by atoms with Crippen LogP contribution in [0.5, 0.6) is 0 Å². The van der Waals surface area contributed by atoms with Gasteiger partial charge < -0.3 is 10.2 Å². The van der Waals surface area contributed by atoms with Crippen LogP contribution in [0.2, 0.25) is 0 Å². The van der Waals surface area contributed by atoms with Gasteiger partial charge in [-0.25, -0.2) is 0 Å². The topological polar surface area (TPSA) is 32.3 Å². The van der Waals surface area contributed by atoms with Crippen molar-refractivity contribution in [3.8, 4) is 0 Å². The first-order valence-electron chi connectivity index (χ1n) is 7.69. The molecule has 0 bridgehead atoms. The van der Waals surface area contributed by atoms with Gasteiger partial charge in [0, 0.05) is 25.6 Å². The second-order valence-corrected chi connectivity index (χ2v) is 6.09. The number of halogens is 1. The highest BCUT2D eigenvalue weighted by Gasteiger charge is 2.30. The first-order valence-corrected chi connectivity index (χ1v) is 7.69. The molecule has 19 heavy (non-hydrogen) atoms. The highest BCUT2D eigenvalue weighted by molar-refractivity contribution is 5.85. The SMILES string of the molecule is CCC(CC1CCCC1)C(=O)N(C)C1CCNC1.Cl. The van der Waals surface area contributed by atoms with E-state index in [2.05, 4.69) is 12.2 Å². The fourth-order valence-electron chi connectivity index (χ4n) is 3.53. The Morgan fingerprint density at radius 1 is 1.32 bits per heavy atom. The van der Waals surface area contributed by atoms with Gasteiger partial charge in [-0.2, -0.15) is 0 Å². The van der Waals surface area contributed by atoms with Crippen molar-refractivity contribution in [1.29, 1.82) is 0 Å². The van der Waals surface area contributed by atoms with Gasteiger partial charge in [0.1, 0.15) is 0 Å². The Morgan fingerprint density at radius 2 is 2.00 bits per heavy atom. The summed E-state index contributed by atoms with van der Waals surface area (Å²) in [5.41, 5.74) is 0. The first-order chi connectivity index (χ1) is 8.72. The van der Waals surface area contributed by atoms with E-state index >= 15 is 0 Å². The lowest BCUT2D eigenvalue weighted by atomic mass is 9.90. The number of nitrogens with one attached hydrogen (secondary N) is 1. The summed E-state index contributed by atoms with van der Waals surface area (Å²) in [4.78, 5) is 14.6. The lowest BCUT2D eigenvalue weighted by Crippen LogP contribution is -2.42. The maximum absolute atomic E-state index is 12.5. The summed E-state index contributed by atoms with van der Waals surface area (Å²) in [5, 5.41) is 3.34. The second-order valence-electron chi connectivity index (χ2n) is 6.09. The van der Waals surface area contributed by atoms with Crippen molar-refractivity contribution in [2.75, 3.05) is 20.1 Å². The highest BCUT2D eigenvalue weighted by atomic mass is 35.5. The first kappa shape index (κ1) is 16.8. The molecule has 0 radical (unpaired) electrons. The van der Waals surface area contributed by atoms with Crippen LogP contribution in [-0.2, 0) is 4.79 Å². The molecule has 4 heteroatoms. The highest BCUT2D eigenvalue weighted by Crippen LogP contribution is 2.32. The van der Waals surface area contributed by atoms with E-state index in [-0.39, 0.29) is 18.3 Å². The zero-order valence-electron chi connectivity index (χ0n) is 12.4. The molecular formula is C15H29ClN2O. The lowest BCUT2D eigenvalue weighted by molar-refractivity contribution is -0.136. The van der Waals surface area contributed by atoms with Crippen LogP contribution in [0.25, 0.3) is 0 Å². The molecule has 2 rings (SSSR count). The van der Waals surface area contributed by atoms with Crippen molar-refractivity contribution < 1.29 is 4.79 Å². The number of nitrogens with zero attached hydrogens (tertiary/aromatic N) is 1. The fraction of sp³-hybridized carbons (Fsp3) is 0.933. The van der Waals surface area contributed by atoms with Crippen molar-refractivity contribution in [1.82, 2.24) is 10.2 Å². The smallest absolute Gasteiger partial charge is 0.225 e. The quantitative estimate of drug-likeness (QED) is 0.844. The van der Waals surface area contributed by atoms with E-state index in [0.717, 1.165) is 38.3 Å². The molecule has 2 aliphatic rings. The van der Waals surface area contributed by atoms with E-state index in [4.69, 9.17) is 0 Å². The third-order valence-corrected chi connectivity index (χ3v) is 4.86. The minimum absolute atomic E-state index is 0. The average molecular weight is 289 g/mol. The Balaban J connectivity index is 0.00000180. The zero-order chi connectivity index (χ0) is 13.0. The molecule has 0 aromatic rings. The predicted octanol–water partition coefficient (Wildman–Crippen LogP) is 2.84. The van der Waals surface area contributed by atoms with Crippen LogP contribution in [0.4, 0.5) is 0 Å². The number of hydrogen-bond donors (Lipinski definition) is 1. The Kier molecular flexibility index (Phi) is 7.16. The molecule has 1 aliphatic heterocycles. The standard InChI is InChI=1S/C15H28N2O.ClH/c1-3-13(10-12-6-4-5-7-12)15(18)17(2)14-8-9-16-11-14;/h12-14,16H,3-11H2,1-2H3;1H. The van der Waals surface area contributed by atoms with Crippen molar-refractivity contribution in [2.45, 2.75) is 57.9 Å². The van der Waals surface area contributed by atoms with E-state index in [1.54, 1.807) is 0 Å². The van der Waals surface area contributed by atoms with Gasteiger partial charge in [-0.1, -0.05) is 32.6 Å². The molecular weight excluding hydrogens is 260 g/mol. The summed E-state index contributed by atoms with van der Waals surface area (Å²) < 4.78 is 0. The van der Waals surface area contributed by atoms with Crippen LogP contribution < -0.4 is 5.32 Å². The van der Waals surface area contributed by atoms with Crippen molar-refractivity contribution >= 4 is 18.3 Å². The monoisotopic (exact) mass is 288 g/mol. The van der Waals surface area contributed by atoms with Gasteiger partial charge in [0.15, 0.2) is 0 Å². The zero-order valence-corrected chi connectivity index (χ0v) is 13.2. The van der Waals surface area contributed by atoms with Crippen LogP contribution in [-0.4, -0.2) is 37.0 Å². The average Bonchev–Trinajstić information content (AvgIpc) is 3.06. The molecule has 0 aromatic carbocycles. The summed E-state index contributed by atoms with van der Waals surface area (Å²) in [5.74, 6) is 1.46. The minimum atomic E-state index is 0. The molecule has 1 saturated carbocycles. The van der Waals surface area contributed by atoms with Crippen LogP contribution in [0.15, 0.2) is 0 Å². The third kappa shape index (κ3) is 4.35. The molecule has 1 N–H and O–H groups in total. The summed E-state index contributed by atoms with van der Waals surface area (Å²) in [6.07, 6.45) is 8.67. The van der Waals surface area contributed by atoms with E-state index in [1.807, 2.05) is 11.9 Å².